The molecule has 3 aliphatic rings. The van der Waals surface area contributed by atoms with Gasteiger partial charge in [0, 0.05) is 30.5 Å². The number of piperidine rings is 1. The van der Waals surface area contributed by atoms with Crippen LogP contribution in [0.15, 0.2) is 48.5 Å². The number of nitrogens with zero attached hydrogens (tertiary/aromatic N) is 1. The summed E-state index contributed by atoms with van der Waals surface area (Å²) in [6.45, 7) is 0.886. The Morgan fingerprint density at radius 1 is 0.943 bits per heavy atom. The van der Waals surface area contributed by atoms with Crippen LogP contribution in [0, 0.1) is 5.92 Å². The molecule has 2 amide bonds. The van der Waals surface area contributed by atoms with Crippen molar-refractivity contribution in [3.8, 4) is 11.1 Å². The number of ether oxygens (including phenoxy) is 1. The lowest BCUT2D eigenvalue weighted by atomic mass is 9.96. The minimum absolute atomic E-state index is 0.000111. The quantitative estimate of drug-likeness (QED) is 0.638. The van der Waals surface area contributed by atoms with E-state index < -0.39 is 12.1 Å². The third-order valence-corrected chi connectivity index (χ3v) is 7.77. The van der Waals surface area contributed by atoms with Crippen LogP contribution in [0.2, 0.25) is 0 Å². The molecule has 0 radical (unpaired) electrons. The summed E-state index contributed by atoms with van der Waals surface area (Å²) in [5.74, 6) is -0.997. The molecule has 2 aliphatic carbocycles. The van der Waals surface area contributed by atoms with Crippen molar-refractivity contribution in [2.45, 2.75) is 62.9 Å². The molecule has 7 heteroatoms. The van der Waals surface area contributed by atoms with Crippen LogP contribution in [0.3, 0.4) is 0 Å². The normalized spacial score (nSPS) is 23.4. The minimum atomic E-state index is -0.865. The number of carboxylic acids is 1. The van der Waals surface area contributed by atoms with E-state index in [2.05, 4.69) is 29.6 Å². The molecule has 184 valence electrons. The van der Waals surface area contributed by atoms with E-state index in [1.165, 1.54) is 22.3 Å². The maximum Gasteiger partial charge on any atom is 0.407 e. The van der Waals surface area contributed by atoms with E-state index in [4.69, 9.17) is 4.74 Å². The van der Waals surface area contributed by atoms with Crippen LogP contribution in [-0.2, 0) is 14.3 Å². The van der Waals surface area contributed by atoms with Gasteiger partial charge in [-0.2, -0.15) is 0 Å². The monoisotopic (exact) mass is 476 g/mol. The fourth-order valence-electron chi connectivity index (χ4n) is 6.08. The molecule has 0 aromatic heterocycles. The van der Waals surface area contributed by atoms with Crippen LogP contribution < -0.4 is 5.32 Å². The van der Waals surface area contributed by atoms with Gasteiger partial charge in [0.2, 0.25) is 5.91 Å². The largest absolute Gasteiger partial charge is 0.481 e. The van der Waals surface area contributed by atoms with Crippen LogP contribution in [0.4, 0.5) is 4.79 Å². The van der Waals surface area contributed by atoms with Gasteiger partial charge >= 0.3 is 12.1 Å². The number of nitrogens with one attached hydrogen (secondary N) is 1. The molecule has 3 atom stereocenters. The lowest BCUT2D eigenvalue weighted by molar-refractivity contribution is -0.143. The van der Waals surface area contributed by atoms with Crippen molar-refractivity contribution < 1.29 is 24.2 Å². The van der Waals surface area contributed by atoms with Crippen LogP contribution >= 0.6 is 0 Å². The Labute approximate surface area is 205 Å². The molecule has 7 nitrogen and oxygen atoms in total. The maximum atomic E-state index is 13.1. The number of likely N-dealkylation sites (tertiary alicyclic amines) is 1. The molecule has 2 aromatic rings. The zero-order valence-corrected chi connectivity index (χ0v) is 19.8. The highest BCUT2D eigenvalue weighted by Gasteiger charge is 2.37. The molecule has 2 N–H and O–H groups in total. The van der Waals surface area contributed by atoms with Crippen molar-refractivity contribution in [1.82, 2.24) is 10.2 Å². The number of carboxylic acid groups (broad SMARTS) is 1. The van der Waals surface area contributed by atoms with Crippen molar-refractivity contribution in [2.75, 3.05) is 13.2 Å². The molecular weight excluding hydrogens is 444 g/mol. The lowest BCUT2D eigenvalue weighted by Gasteiger charge is -2.36. The molecule has 0 spiro atoms. The molecule has 5 rings (SSSR count). The molecule has 0 unspecified atom stereocenters. The fourth-order valence-corrected chi connectivity index (χ4v) is 6.08. The standard InChI is InChI=1S/C28H32N2O5/c31-26(32)16-20-7-5-6-14-30(20)27(33)18-12-13-19(15-18)29-28(34)35-17-25-23-10-3-1-8-21(23)22-9-2-4-11-24(22)25/h1-4,8-11,18-20,25H,5-7,12-17H2,(H,29,34)(H,31,32)/t18-,19+,20+/m1/s1. The molecule has 1 saturated carbocycles. The highest BCUT2D eigenvalue weighted by Crippen LogP contribution is 2.44. The van der Waals surface area contributed by atoms with Gasteiger partial charge in [-0.15, -0.1) is 0 Å². The second-order valence-corrected chi connectivity index (χ2v) is 9.96. The van der Waals surface area contributed by atoms with Gasteiger partial charge in [0.15, 0.2) is 0 Å². The van der Waals surface area contributed by atoms with Crippen molar-refractivity contribution in [1.29, 1.82) is 0 Å². The first kappa shape index (κ1) is 23.4. The Balaban J connectivity index is 1.15. The SMILES string of the molecule is O=C(O)C[C@@H]1CCCCN1C(=O)[C@@H]1CC[C@H](NC(=O)OCC2c3ccccc3-c3ccccc32)C1. The summed E-state index contributed by atoms with van der Waals surface area (Å²) in [6.07, 6.45) is 4.15. The molecule has 0 bridgehead atoms. The van der Waals surface area contributed by atoms with Gasteiger partial charge in [0.25, 0.3) is 0 Å². The average molecular weight is 477 g/mol. The summed E-state index contributed by atoms with van der Waals surface area (Å²) in [4.78, 5) is 38.8. The smallest absolute Gasteiger partial charge is 0.407 e. The van der Waals surface area contributed by atoms with Crippen LogP contribution in [0.1, 0.15) is 62.0 Å². The van der Waals surface area contributed by atoms with Crippen molar-refractivity contribution in [3.05, 3.63) is 59.7 Å². The van der Waals surface area contributed by atoms with E-state index in [9.17, 15) is 19.5 Å². The molecule has 35 heavy (non-hydrogen) atoms. The van der Waals surface area contributed by atoms with Crippen LogP contribution in [0.5, 0.6) is 0 Å². The number of hydrogen-bond donors (Lipinski definition) is 2. The van der Waals surface area contributed by atoms with Crippen LogP contribution in [-0.4, -0.2) is 53.2 Å². The number of alkyl carbamates (subject to hydrolysis) is 1. The van der Waals surface area contributed by atoms with Crippen molar-refractivity contribution >= 4 is 18.0 Å². The van der Waals surface area contributed by atoms with Gasteiger partial charge in [0.1, 0.15) is 6.61 Å². The Kier molecular flexibility index (Phi) is 6.75. The van der Waals surface area contributed by atoms with E-state index >= 15 is 0 Å². The Hall–Kier alpha value is -3.35. The zero-order chi connectivity index (χ0) is 24.4. The van der Waals surface area contributed by atoms with Crippen LogP contribution in [0.25, 0.3) is 11.1 Å². The van der Waals surface area contributed by atoms with Crippen molar-refractivity contribution in [3.63, 3.8) is 0 Å². The van der Waals surface area contributed by atoms with Gasteiger partial charge in [-0.3, -0.25) is 9.59 Å². The zero-order valence-electron chi connectivity index (χ0n) is 19.8. The number of fused-ring (bicyclic) bond motifs is 3. The number of amides is 2. The first-order chi connectivity index (χ1) is 17.0. The van der Waals surface area contributed by atoms with E-state index in [1.54, 1.807) is 4.90 Å². The molecule has 2 fully saturated rings. The molecular formula is C28H32N2O5. The van der Waals surface area contributed by atoms with Gasteiger partial charge in [-0.1, -0.05) is 48.5 Å². The third-order valence-electron chi connectivity index (χ3n) is 7.77. The van der Waals surface area contributed by atoms with Gasteiger partial charge in [-0.25, -0.2) is 4.79 Å². The topological polar surface area (TPSA) is 95.9 Å². The first-order valence-electron chi connectivity index (χ1n) is 12.6. The summed E-state index contributed by atoms with van der Waals surface area (Å²) >= 11 is 0. The van der Waals surface area contributed by atoms with E-state index in [-0.39, 0.29) is 42.9 Å². The number of carbonyl (C=O) groups excluding carboxylic acids is 2. The summed E-state index contributed by atoms with van der Waals surface area (Å²) < 4.78 is 5.66. The number of carbonyl (C=O) groups is 3. The first-order valence-corrected chi connectivity index (χ1v) is 12.6. The number of hydrogen-bond acceptors (Lipinski definition) is 4. The van der Waals surface area contributed by atoms with Gasteiger partial charge < -0.3 is 20.1 Å². The Morgan fingerprint density at radius 3 is 2.31 bits per heavy atom. The van der Waals surface area contributed by atoms with E-state index in [0.29, 0.717) is 19.4 Å². The van der Waals surface area contributed by atoms with E-state index in [0.717, 1.165) is 25.7 Å². The summed E-state index contributed by atoms with van der Waals surface area (Å²) in [6, 6.07) is 16.1. The second kappa shape index (κ2) is 10.1. The fraction of sp³-hybridized carbons (Fsp3) is 0.464. The summed E-state index contributed by atoms with van der Waals surface area (Å²) in [5, 5.41) is 12.2. The average Bonchev–Trinajstić information content (AvgIpc) is 3.45. The molecule has 1 saturated heterocycles. The number of benzene rings is 2. The molecule has 1 heterocycles. The highest BCUT2D eigenvalue weighted by atomic mass is 16.5. The molecule has 1 aliphatic heterocycles. The van der Waals surface area contributed by atoms with E-state index in [1.807, 2.05) is 24.3 Å². The highest BCUT2D eigenvalue weighted by molar-refractivity contribution is 5.81. The number of rotatable bonds is 6. The summed E-state index contributed by atoms with van der Waals surface area (Å²) in [7, 11) is 0. The predicted molar refractivity (Wildman–Crippen MR) is 131 cm³/mol. The maximum absolute atomic E-state index is 13.1. The molecule has 2 aromatic carbocycles. The summed E-state index contributed by atoms with van der Waals surface area (Å²) in [5.41, 5.74) is 4.72. The third kappa shape index (κ3) is 4.90. The minimum Gasteiger partial charge on any atom is -0.481 e. The second-order valence-electron chi connectivity index (χ2n) is 9.96. The Bertz CT molecular complexity index is 1070. The Morgan fingerprint density at radius 2 is 1.63 bits per heavy atom. The van der Waals surface area contributed by atoms with Gasteiger partial charge in [0.05, 0.1) is 6.42 Å². The predicted octanol–water partition coefficient (Wildman–Crippen LogP) is 4.55. The number of aliphatic carboxylic acids is 1. The van der Waals surface area contributed by atoms with Crippen molar-refractivity contribution in [2.24, 2.45) is 5.92 Å². The van der Waals surface area contributed by atoms with Gasteiger partial charge in [-0.05, 0) is 60.8 Å². The lowest BCUT2D eigenvalue weighted by Crippen LogP contribution is -2.47.